The van der Waals surface area contributed by atoms with E-state index in [4.69, 9.17) is 0 Å². The van der Waals surface area contributed by atoms with Crippen LogP contribution in [0.4, 0.5) is 10.1 Å². The van der Waals surface area contributed by atoms with Crippen LogP contribution in [0.1, 0.15) is 16.7 Å². The van der Waals surface area contributed by atoms with Gasteiger partial charge in [-0.25, -0.2) is 9.37 Å². The second-order valence-electron chi connectivity index (χ2n) is 4.61. The Kier molecular flexibility index (Phi) is 4.25. The maximum Gasteiger partial charge on any atom is 0.136 e. The number of hydrogen-bond donors (Lipinski definition) is 1. The average molecular weight is 413 g/mol. The maximum atomic E-state index is 13.2. The number of benzene rings is 1. The lowest BCUT2D eigenvalue weighted by Crippen LogP contribution is -2.16. The summed E-state index contributed by atoms with van der Waals surface area (Å²) >= 11 is 3.81. The number of anilines is 1. The number of halogens is 2. The zero-order chi connectivity index (χ0) is 14.8. The smallest absolute Gasteiger partial charge is 0.136 e. The zero-order valence-electron chi connectivity index (χ0n) is 11.3. The van der Waals surface area contributed by atoms with Gasteiger partial charge < -0.3 is 9.88 Å². The first-order valence-electron chi connectivity index (χ1n) is 6.37. The second-order valence-corrected chi connectivity index (χ2v) is 6.75. The van der Waals surface area contributed by atoms with Crippen molar-refractivity contribution in [3.63, 3.8) is 0 Å². The Balaban J connectivity index is 1.99. The van der Waals surface area contributed by atoms with Crippen LogP contribution in [0.2, 0.25) is 0 Å². The molecule has 1 atom stereocenters. The highest BCUT2D eigenvalue weighted by Crippen LogP contribution is 2.30. The molecule has 0 aliphatic heterocycles. The Bertz CT molecular complexity index is 739. The summed E-state index contributed by atoms with van der Waals surface area (Å²) in [6.07, 6.45) is 3.71. The van der Waals surface area contributed by atoms with Gasteiger partial charge >= 0.3 is 0 Å². The maximum absolute atomic E-state index is 13.2. The number of aryl methyl sites for hydroxylation is 1. The van der Waals surface area contributed by atoms with Crippen LogP contribution < -0.4 is 5.32 Å². The largest absolute Gasteiger partial charge is 0.370 e. The fourth-order valence-corrected chi connectivity index (χ4v) is 3.54. The van der Waals surface area contributed by atoms with Crippen LogP contribution >= 0.6 is 33.9 Å². The lowest BCUT2D eigenvalue weighted by atomic mass is 10.2. The standard InChI is InChI=1S/C15H13FIN3S/c1-20-7-6-18-15(20)14(13-3-2-8-21-13)19-12-5-4-10(16)9-11(12)17/h2-9,14,19H,1H3. The molecule has 1 aromatic carbocycles. The number of nitrogens with zero attached hydrogens (tertiary/aromatic N) is 2. The molecule has 0 radical (unpaired) electrons. The first kappa shape index (κ1) is 14.5. The molecule has 108 valence electrons. The van der Waals surface area contributed by atoms with Crippen molar-refractivity contribution in [1.29, 1.82) is 0 Å². The summed E-state index contributed by atoms with van der Waals surface area (Å²) in [6.45, 7) is 0. The van der Waals surface area contributed by atoms with E-state index >= 15 is 0 Å². The van der Waals surface area contributed by atoms with E-state index in [9.17, 15) is 4.39 Å². The van der Waals surface area contributed by atoms with Gasteiger partial charge in [0.1, 0.15) is 17.7 Å². The van der Waals surface area contributed by atoms with Gasteiger partial charge in [-0.2, -0.15) is 0 Å². The molecule has 0 saturated heterocycles. The van der Waals surface area contributed by atoms with Crippen molar-refractivity contribution in [1.82, 2.24) is 9.55 Å². The van der Waals surface area contributed by atoms with Crippen molar-refractivity contribution >= 4 is 39.6 Å². The molecule has 0 fully saturated rings. The molecule has 3 rings (SSSR count). The van der Waals surface area contributed by atoms with Gasteiger partial charge in [-0.1, -0.05) is 6.07 Å². The summed E-state index contributed by atoms with van der Waals surface area (Å²) < 4.78 is 16.1. The molecule has 0 aliphatic carbocycles. The van der Waals surface area contributed by atoms with Crippen LogP contribution in [0, 0.1) is 9.39 Å². The quantitative estimate of drug-likeness (QED) is 0.642. The van der Waals surface area contributed by atoms with Crippen LogP contribution in [0.5, 0.6) is 0 Å². The first-order chi connectivity index (χ1) is 10.1. The zero-order valence-corrected chi connectivity index (χ0v) is 14.2. The van der Waals surface area contributed by atoms with Crippen LogP contribution in [0.3, 0.4) is 0 Å². The van der Waals surface area contributed by atoms with E-state index in [0.717, 1.165) is 15.1 Å². The van der Waals surface area contributed by atoms with Crippen molar-refractivity contribution in [2.24, 2.45) is 7.05 Å². The van der Waals surface area contributed by atoms with E-state index in [-0.39, 0.29) is 11.9 Å². The molecule has 1 unspecified atom stereocenters. The summed E-state index contributed by atoms with van der Waals surface area (Å²) in [5, 5.41) is 5.52. The topological polar surface area (TPSA) is 29.9 Å². The molecule has 0 amide bonds. The van der Waals surface area contributed by atoms with E-state index in [2.05, 4.69) is 39.0 Å². The molecular formula is C15H13FIN3S. The summed E-state index contributed by atoms with van der Waals surface area (Å²) in [6, 6.07) is 8.80. The van der Waals surface area contributed by atoms with E-state index in [1.54, 1.807) is 23.6 Å². The minimum atomic E-state index is -0.227. The lowest BCUT2D eigenvalue weighted by Gasteiger charge is -2.19. The number of rotatable bonds is 4. The predicted molar refractivity (Wildman–Crippen MR) is 92.1 cm³/mol. The molecular weight excluding hydrogens is 400 g/mol. The third-order valence-corrected chi connectivity index (χ3v) is 5.00. The van der Waals surface area contributed by atoms with Crippen LogP contribution in [0.15, 0.2) is 48.1 Å². The molecule has 2 heterocycles. The lowest BCUT2D eigenvalue weighted by molar-refractivity contribution is 0.627. The number of thiophene rings is 1. The Morgan fingerprint density at radius 2 is 2.24 bits per heavy atom. The monoisotopic (exact) mass is 413 g/mol. The normalized spacial score (nSPS) is 12.3. The average Bonchev–Trinajstić information content (AvgIpc) is 3.10. The molecule has 21 heavy (non-hydrogen) atoms. The Labute approximate surface area is 140 Å². The van der Waals surface area contributed by atoms with E-state index in [0.29, 0.717) is 0 Å². The van der Waals surface area contributed by atoms with Crippen molar-refractivity contribution < 1.29 is 4.39 Å². The van der Waals surface area contributed by atoms with E-state index in [1.807, 2.05) is 29.3 Å². The SMILES string of the molecule is Cn1ccnc1C(Nc1ccc(F)cc1I)c1cccs1. The van der Waals surface area contributed by atoms with Gasteiger partial charge in [0, 0.05) is 33.6 Å². The van der Waals surface area contributed by atoms with Crippen molar-refractivity contribution in [2.45, 2.75) is 6.04 Å². The van der Waals surface area contributed by atoms with Gasteiger partial charge in [0.2, 0.25) is 0 Å². The van der Waals surface area contributed by atoms with Crippen molar-refractivity contribution in [2.75, 3.05) is 5.32 Å². The Hall–Kier alpha value is -1.41. The fourth-order valence-electron chi connectivity index (χ4n) is 2.14. The molecule has 0 spiro atoms. The highest BCUT2D eigenvalue weighted by Gasteiger charge is 2.20. The summed E-state index contributed by atoms with van der Waals surface area (Å²) in [5.41, 5.74) is 0.901. The molecule has 3 aromatic rings. The minimum Gasteiger partial charge on any atom is -0.370 e. The highest BCUT2D eigenvalue weighted by atomic mass is 127. The first-order valence-corrected chi connectivity index (χ1v) is 8.33. The summed E-state index contributed by atoms with van der Waals surface area (Å²) in [4.78, 5) is 5.62. The van der Waals surface area contributed by atoms with Gasteiger partial charge in [-0.15, -0.1) is 11.3 Å². The van der Waals surface area contributed by atoms with Gasteiger partial charge in [-0.3, -0.25) is 0 Å². The molecule has 0 bridgehead atoms. The molecule has 0 saturated carbocycles. The minimum absolute atomic E-state index is 0.0519. The number of hydrogen-bond acceptors (Lipinski definition) is 3. The van der Waals surface area contributed by atoms with Gasteiger partial charge in [0.15, 0.2) is 0 Å². The van der Waals surface area contributed by atoms with Crippen molar-refractivity contribution in [3.05, 3.63) is 68.2 Å². The van der Waals surface area contributed by atoms with Gasteiger partial charge in [-0.05, 0) is 52.2 Å². The number of nitrogens with one attached hydrogen (secondary N) is 1. The third-order valence-electron chi connectivity index (χ3n) is 3.18. The predicted octanol–water partition coefficient (Wildman–Crippen LogP) is 4.43. The van der Waals surface area contributed by atoms with Gasteiger partial charge in [0.25, 0.3) is 0 Å². The highest BCUT2D eigenvalue weighted by molar-refractivity contribution is 14.1. The van der Waals surface area contributed by atoms with E-state index in [1.165, 1.54) is 17.0 Å². The molecule has 2 aromatic heterocycles. The van der Waals surface area contributed by atoms with Gasteiger partial charge in [0.05, 0.1) is 0 Å². The molecule has 6 heteroatoms. The number of imidazole rings is 1. The Morgan fingerprint density at radius 1 is 1.38 bits per heavy atom. The molecule has 3 nitrogen and oxygen atoms in total. The molecule has 1 N–H and O–H groups in total. The Morgan fingerprint density at radius 3 is 2.86 bits per heavy atom. The van der Waals surface area contributed by atoms with Crippen LogP contribution in [-0.4, -0.2) is 9.55 Å². The summed E-state index contributed by atoms with van der Waals surface area (Å²) in [5.74, 6) is 0.701. The summed E-state index contributed by atoms with van der Waals surface area (Å²) in [7, 11) is 1.97. The second kappa shape index (κ2) is 6.15. The molecule has 0 aliphatic rings. The fraction of sp³-hybridized carbons (Fsp3) is 0.133. The third kappa shape index (κ3) is 3.11. The van der Waals surface area contributed by atoms with Crippen molar-refractivity contribution in [3.8, 4) is 0 Å². The number of aromatic nitrogens is 2. The van der Waals surface area contributed by atoms with E-state index < -0.39 is 0 Å². The van der Waals surface area contributed by atoms with Crippen LogP contribution in [-0.2, 0) is 7.05 Å². The van der Waals surface area contributed by atoms with Crippen LogP contribution in [0.25, 0.3) is 0 Å².